The van der Waals surface area contributed by atoms with Crippen molar-refractivity contribution in [2.24, 2.45) is 5.92 Å². The van der Waals surface area contributed by atoms with Crippen LogP contribution in [0.5, 0.6) is 11.5 Å². The fraction of sp³-hybridized carbons (Fsp3) is 0.258. The second kappa shape index (κ2) is 10.9. The van der Waals surface area contributed by atoms with Crippen molar-refractivity contribution in [3.63, 3.8) is 0 Å². The minimum absolute atomic E-state index is 0.0000612. The molecule has 1 aliphatic rings. The van der Waals surface area contributed by atoms with Crippen LogP contribution in [0.25, 0.3) is 16.0 Å². The van der Waals surface area contributed by atoms with E-state index in [1.165, 1.54) is 16.2 Å². The summed E-state index contributed by atoms with van der Waals surface area (Å²) >= 11 is 1.34. The molecule has 1 unspecified atom stereocenters. The molecule has 5 rings (SSSR count). The van der Waals surface area contributed by atoms with Gasteiger partial charge in [-0.3, -0.25) is 14.5 Å². The summed E-state index contributed by atoms with van der Waals surface area (Å²) in [6.07, 6.45) is 0.894. The summed E-state index contributed by atoms with van der Waals surface area (Å²) in [5.74, 6) is -0.0338. The molecule has 1 saturated heterocycles. The standard InChI is InChI=1S/C31H30N2O5S/c1-18(2)14-15-38-23-7-5-6-21(17-23)27-26(28(34)20-9-11-22(37-4)12-10-20)29(35)30(36)33(27)31-32-24-13-8-19(3)16-25(24)39-31/h5-13,16-18,27,34H,14-15H2,1-4H3/b28-26+. The normalized spacial score (nSPS) is 16.8. The first kappa shape index (κ1) is 26.4. The maximum absolute atomic E-state index is 13.6. The number of carbonyl (C=O) groups is 2. The average molecular weight is 543 g/mol. The van der Waals surface area contributed by atoms with E-state index in [4.69, 9.17) is 14.5 Å². The number of aliphatic hydroxyl groups excluding tert-OH is 1. The highest BCUT2D eigenvalue weighted by atomic mass is 32.1. The molecule has 0 radical (unpaired) electrons. The van der Waals surface area contributed by atoms with E-state index in [-0.39, 0.29) is 11.3 Å². The number of methoxy groups -OCH3 is 1. The quantitative estimate of drug-likeness (QED) is 0.152. The molecule has 1 aromatic heterocycles. The number of thiazole rings is 1. The first-order valence-electron chi connectivity index (χ1n) is 12.8. The molecule has 8 heteroatoms. The van der Waals surface area contributed by atoms with Crippen molar-refractivity contribution in [3.05, 3.63) is 89.0 Å². The Morgan fingerprint density at radius 3 is 2.54 bits per heavy atom. The maximum Gasteiger partial charge on any atom is 0.301 e. The van der Waals surface area contributed by atoms with Gasteiger partial charge in [-0.1, -0.05) is 43.4 Å². The number of ketones is 1. The van der Waals surface area contributed by atoms with E-state index < -0.39 is 17.7 Å². The average Bonchev–Trinajstić information content (AvgIpc) is 3.45. The SMILES string of the molecule is COc1ccc(/C(O)=C2\C(=O)C(=O)N(c3nc4ccc(C)cc4s3)C2c2cccc(OCCC(C)C)c2)cc1. The van der Waals surface area contributed by atoms with Crippen LogP contribution in [0, 0.1) is 12.8 Å². The Balaban J connectivity index is 1.65. The van der Waals surface area contributed by atoms with Crippen LogP contribution in [0.2, 0.25) is 0 Å². The van der Waals surface area contributed by atoms with Gasteiger partial charge in [0.05, 0.1) is 35.5 Å². The van der Waals surface area contributed by atoms with Crippen LogP contribution in [0.3, 0.4) is 0 Å². The number of carbonyl (C=O) groups excluding carboxylic acids is 2. The molecule has 0 bridgehead atoms. The first-order chi connectivity index (χ1) is 18.8. The monoisotopic (exact) mass is 542 g/mol. The van der Waals surface area contributed by atoms with Gasteiger partial charge in [0.25, 0.3) is 5.78 Å². The molecule has 0 spiro atoms. The number of aromatic nitrogens is 1. The van der Waals surface area contributed by atoms with Crippen molar-refractivity contribution in [1.82, 2.24) is 4.98 Å². The van der Waals surface area contributed by atoms with Gasteiger partial charge in [0, 0.05) is 5.56 Å². The molecular weight excluding hydrogens is 512 g/mol. The summed E-state index contributed by atoms with van der Waals surface area (Å²) in [5.41, 5.74) is 2.86. The minimum atomic E-state index is -0.887. The Hall–Kier alpha value is -4.17. The lowest BCUT2D eigenvalue weighted by Crippen LogP contribution is -2.29. The van der Waals surface area contributed by atoms with Crippen LogP contribution in [0.4, 0.5) is 5.13 Å². The molecule has 0 saturated carbocycles. The molecule has 0 aliphatic carbocycles. The number of fused-ring (bicyclic) bond motifs is 1. The van der Waals surface area contributed by atoms with Crippen molar-refractivity contribution < 1.29 is 24.2 Å². The van der Waals surface area contributed by atoms with Gasteiger partial charge in [-0.2, -0.15) is 0 Å². The number of nitrogens with zero attached hydrogens (tertiary/aromatic N) is 2. The summed E-state index contributed by atoms with van der Waals surface area (Å²) in [4.78, 5) is 33.2. The second-order valence-electron chi connectivity index (χ2n) is 9.97. The highest BCUT2D eigenvalue weighted by molar-refractivity contribution is 7.22. The van der Waals surface area contributed by atoms with Crippen LogP contribution in [-0.4, -0.2) is 35.5 Å². The van der Waals surface area contributed by atoms with Gasteiger partial charge in [0.1, 0.15) is 17.3 Å². The molecule has 1 N–H and O–H groups in total. The van der Waals surface area contributed by atoms with Gasteiger partial charge in [0.15, 0.2) is 5.13 Å². The molecule has 1 fully saturated rings. The van der Waals surface area contributed by atoms with Crippen molar-refractivity contribution in [2.75, 3.05) is 18.6 Å². The number of hydrogen-bond acceptors (Lipinski definition) is 7. The lowest BCUT2D eigenvalue weighted by molar-refractivity contribution is -0.132. The number of anilines is 1. The van der Waals surface area contributed by atoms with Gasteiger partial charge >= 0.3 is 5.91 Å². The van der Waals surface area contributed by atoms with Gasteiger partial charge in [-0.15, -0.1) is 0 Å². The lowest BCUT2D eigenvalue weighted by atomic mass is 9.95. The Labute approximate surface area is 231 Å². The Kier molecular flexibility index (Phi) is 7.39. The molecule has 2 heterocycles. The molecule has 39 heavy (non-hydrogen) atoms. The molecule has 4 aromatic rings. The predicted octanol–water partition coefficient (Wildman–Crippen LogP) is 6.66. The summed E-state index contributed by atoms with van der Waals surface area (Å²) in [7, 11) is 1.55. The highest BCUT2D eigenvalue weighted by Crippen LogP contribution is 2.45. The van der Waals surface area contributed by atoms with Gasteiger partial charge in [-0.05, 0) is 78.9 Å². The van der Waals surface area contributed by atoms with Gasteiger partial charge in [-0.25, -0.2) is 4.98 Å². The van der Waals surface area contributed by atoms with Gasteiger partial charge in [0.2, 0.25) is 0 Å². The number of ether oxygens (including phenoxy) is 2. The van der Waals surface area contributed by atoms with E-state index in [2.05, 4.69) is 13.8 Å². The number of hydrogen-bond donors (Lipinski definition) is 1. The summed E-state index contributed by atoms with van der Waals surface area (Å²) in [6.45, 7) is 6.80. The fourth-order valence-electron chi connectivity index (χ4n) is 4.56. The van der Waals surface area contributed by atoms with Crippen LogP contribution in [-0.2, 0) is 9.59 Å². The number of aliphatic hydroxyl groups is 1. The molecule has 200 valence electrons. The van der Waals surface area contributed by atoms with E-state index in [0.717, 1.165) is 22.2 Å². The summed E-state index contributed by atoms with van der Waals surface area (Å²) in [5, 5.41) is 11.8. The Bertz CT molecular complexity index is 1570. The summed E-state index contributed by atoms with van der Waals surface area (Å²) < 4.78 is 12.1. The van der Waals surface area contributed by atoms with Crippen LogP contribution >= 0.6 is 11.3 Å². The zero-order valence-electron chi connectivity index (χ0n) is 22.3. The minimum Gasteiger partial charge on any atom is -0.507 e. The van der Waals surface area contributed by atoms with Crippen LogP contribution in [0.15, 0.2) is 72.3 Å². The number of rotatable bonds is 8. The third kappa shape index (κ3) is 5.25. The number of Topliss-reactive ketones (excluding diaryl/α,β-unsaturated/α-hetero) is 1. The predicted molar refractivity (Wildman–Crippen MR) is 154 cm³/mol. The van der Waals surface area contributed by atoms with E-state index in [0.29, 0.717) is 40.3 Å². The number of aryl methyl sites for hydroxylation is 1. The van der Waals surface area contributed by atoms with Crippen LogP contribution in [0.1, 0.15) is 43.0 Å². The van der Waals surface area contributed by atoms with E-state index in [1.54, 1.807) is 31.4 Å². The van der Waals surface area contributed by atoms with Gasteiger partial charge < -0.3 is 14.6 Å². The van der Waals surface area contributed by atoms with Crippen molar-refractivity contribution in [2.45, 2.75) is 33.2 Å². The third-order valence-corrected chi connectivity index (χ3v) is 7.70. The van der Waals surface area contributed by atoms with E-state index >= 15 is 0 Å². The maximum atomic E-state index is 13.6. The van der Waals surface area contributed by atoms with E-state index in [9.17, 15) is 14.7 Å². The summed E-state index contributed by atoms with van der Waals surface area (Å²) in [6, 6.07) is 19.0. The fourth-order valence-corrected chi connectivity index (χ4v) is 5.65. The van der Waals surface area contributed by atoms with Crippen molar-refractivity contribution in [3.8, 4) is 11.5 Å². The first-order valence-corrected chi connectivity index (χ1v) is 13.6. The second-order valence-corrected chi connectivity index (χ2v) is 11.0. The molecular formula is C31H30N2O5S. The lowest BCUT2D eigenvalue weighted by Gasteiger charge is -2.23. The van der Waals surface area contributed by atoms with Crippen molar-refractivity contribution >= 4 is 44.1 Å². The topological polar surface area (TPSA) is 89.0 Å². The zero-order chi connectivity index (χ0) is 27.7. The number of amides is 1. The molecule has 7 nitrogen and oxygen atoms in total. The van der Waals surface area contributed by atoms with E-state index in [1.807, 2.05) is 49.4 Å². The third-order valence-electron chi connectivity index (χ3n) is 6.68. The highest BCUT2D eigenvalue weighted by Gasteiger charge is 2.48. The molecule has 3 aromatic carbocycles. The number of benzene rings is 3. The van der Waals surface area contributed by atoms with Crippen LogP contribution < -0.4 is 14.4 Å². The zero-order valence-corrected chi connectivity index (χ0v) is 23.1. The Morgan fingerprint density at radius 1 is 1.05 bits per heavy atom. The smallest absolute Gasteiger partial charge is 0.301 e. The largest absolute Gasteiger partial charge is 0.507 e. The molecule has 1 atom stereocenters. The molecule has 1 aliphatic heterocycles. The Morgan fingerprint density at radius 2 is 1.82 bits per heavy atom. The van der Waals surface area contributed by atoms with Crippen molar-refractivity contribution in [1.29, 1.82) is 0 Å². The molecule has 1 amide bonds.